The van der Waals surface area contributed by atoms with Gasteiger partial charge in [0.05, 0.1) is 11.4 Å². The van der Waals surface area contributed by atoms with E-state index < -0.39 is 6.03 Å². The van der Waals surface area contributed by atoms with Crippen molar-refractivity contribution in [3.63, 3.8) is 0 Å². The number of pyridine rings is 1. The van der Waals surface area contributed by atoms with Crippen LogP contribution in [0.1, 0.15) is 5.69 Å². The number of hydrogen-bond acceptors (Lipinski definition) is 2. The smallest absolute Gasteiger partial charge is 0.319 e. The van der Waals surface area contributed by atoms with Crippen LogP contribution in [-0.2, 0) is 0 Å². The number of urea groups is 1. The van der Waals surface area contributed by atoms with E-state index in [0.717, 1.165) is 11.4 Å². The number of carbonyl (C=O) groups excluding carboxylic acids is 1. The highest BCUT2D eigenvalue weighted by molar-refractivity contribution is 5.94. The van der Waals surface area contributed by atoms with Gasteiger partial charge in [0.15, 0.2) is 0 Å². The molecule has 1 aliphatic heterocycles. The Morgan fingerprint density at radius 2 is 2.46 bits per heavy atom. The fraction of sp³-hybridized carbons (Fsp3) is 0.111. The molecule has 0 fully saturated rings. The molecular weight excluding hydrogens is 166 g/mol. The van der Waals surface area contributed by atoms with Crippen LogP contribution in [0.15, 0.2) is 24.4 Å². The van der Waals surface area contributed by atoms with Gasteiger partial charge in [0.25, 0.3) is 0 Å². The Balaban J connectivity index is 2.49. The Kier molecular flexibility index (Phi) is 1.73. The minimum absolute atomic E-state index is 0.446. The summed E-state index contributed by atoms with van der Waals surface area (Å²) in [7, 11) is 0. The number of nitrogens with zero attached hydrogens (tertiary/aromatic N) is 2. The molecule has 1 aromatic heterocycles. The Morgan fingerprint density at radius 3 is 3.23 bits per heavy atom. The zero-order valence-corrected chi connectivity index (χ0v) is 6.97. The van der Waals surface area contributed by atoms with Crippen LogP contribution in [0.4, 0.5) is 10.5 Å². The largest absolute Gasteiger partial charge is 0.351 e. The summed E-state index contributed by atoms with van der Waals surface area (Å²) in [6.07, 6.45) is 5.43. The molecule has 0 saturated heterocycles. The first-order valence-corrected chi connectivity index (χ1v) is 3.97. The molecule has 4 heteroatoms. The van der Waals surface area contributed by atoms with E-state index in [9.17, 15) is 4.79 Å². The number of amides is 2. The third kappa shape index (κ3) is 1.26. The van der Waals surface area contributed by atoms with Gasteiger partial charge >= 0.3 is 6.03 Å². The van der Waals surface area contributed by atoms with Crippen LogP contribution >= 0.6 is 0 Å². The zero-order chi connectivity index (χ0) is 9.26. The van der Waals surface area contributed by atoms with Gasteiger partial charge in [-0.15, -0.1) is 0 Å². The minimum atomic E-state index is -0.446. The number of aromatic nitrogens is 1. The van der Waals surface area contributed by atoms with Crippen molar-refractivity contribution in [2.45, 2.75) is 0 Å². The van der Waals surface area contributed by atoms with Crippen molar-refractivity contribution in [1.82, 2.24) is 4.98 Å². The van der Waals surface area contributed by atoms with E-state index in [1.54, 1.807) is 12.3 Å². The van der Waals surface area contributed by atoms with Gasteiger partial charge < -0.3 is 5.73 Å². The van der Waals surface area contributed by atoms with Crippen LogP contribution in [0.2, 0.25) is 0 Å². The lowest BCUT2D eigenvalue weighted by molar-refractivity contribution is 0.254. The first-order valence-electron chi connectivity index (χ1n) is 3.97. The highest BCUT2D eigenvalue weighted by atomic mass is 16.2. The lowest BCUT2D eigenvalue weighted by atomic mass is 10.2. The molecule has 0 bridgehead atoms. The van der Waals surface area contributed by atoms with Gasteiger partial charge in [-0.05, 0) is 18.2 Å². The minimum Gasteiger partial charge on any atom is -0.351 e. The maximum atomic E-state index is 11.0. The molecule has 2 rings (SSSR count). The highest BCUT2D eigenvalue weighted by Crippen LogP contribution is 2.22. The fourth-order valence-electron chi connectivity index (χ4n) is 1.34. The molecule has 2 N–H and O–H groups in total. The first kappa shape index (κ1) is 7.79. The normalized spacial score (nSPS) is 14.0. The van der Waals surface area contributed by atoms with Gasteiger partial charge in [0.2, 0.25) is 0 Å². The lowest BCUT2D eigenvalue weighted by Gasteiger charge is -2.22. The molecule has 0 aromatic carbocycles. The average Bonchev–Trinajstić information content (AvgIpc) is 2.17. The predicted molar refractivity (Wildman–Crippen MR) is 50.2 cm³/mol. The average molecular weight is 175 g/mol. The molecule has 1 aliphatic rings. The molecule has 0 aliphatic carbocycles. The summed E-state index contributed by atoms with van der Waals surface area (Å²) in [6.45, 7) is 0.522. The van der Waals surface area contributed by atoms with Crippen molar-refractivity contribution in [2.75, 3.05) is 11.4 Å². The Labute approximate surface area is 75.7 Å². The summed E-state index contributed by atoms with van der Waals surface area (Å²) in [4.78, 5) is 16.6. The summed E-state index contributed by atoms with van der Waals surface area (Å²) < 4.78 is 0. The molecular formula is C9H9N3O. The van der Waals surface area contributed by atoms with E-state index in [2.05, 4.69) is 4.98 Å². The van der Waals surface area contributed by atoms with Crippen LogP contribution in [0.5, 0.6) is 0 Å². The van der Waals surface area contributed by atoms with Gasteiger partial charge in [-0.2, -0.15) is 0 Å². The van der Waals surface area contributed by atoms with Gasteiger partial charge in [-0.1, -0.05) is 6.08 Å². The van der Waals surface area contributed by atoms with Crippen molar-refractivity contribution in [3.05, 3.63) is 30.1 Å². The van der Waals surface area contributed by atoms with E-state index in [1.807, 2.05) is 18.2 Å². The molecule has 4 nitrogen and oxygen atoms in total. The van der Waals surface area contributed by atoms with Crippen LogP contribution in [0.25, 0.3) is 6.08 Å². The third-order valence-corrected chi connectivity index (χ3v) is 1.94. The quantitative estimate of drug-likeness (QED) is 0.639. The van der Waals surface area contributed by atoms with Gasteiger partial charge in [0, 0.05) is 12.7 Å². The zero-order valence-electron chi connectivity index (χ0n) is 6.97. The monoisotopic (exact) mass is 175 g/mol. The molecule has 1 aromatic rings. The number of anilines is 1. The third-order valence-electron chi connectivity index (χ3n) is 1.94. The van der Waals surface area contributed by atoms with Crippen molar-refractivity contribution in [3.8, 4) is 0 Å². The van der Waals surface area contributed by atoms with E-state index in [1.165, 1.54) is 4.90 Å². The van der Waals surface area contributed by atoms with Gasteiger partial charge in [0.1, 0.15) is 0 Å². The summed E-state index contributed by atoms with van der Waals surface area (Å²) in [5.74, 6) is 0. The number of fused-ring (bicyclic) bond motifs is 1. The second-order valence-electron chi connectivity index (χ2n) is 2.76. The van der Waals surface area contributed by atoms with Crippen molar-refractivity contribution >= 4 is 17.8 Å². The molecule has 0 saturated carbocycles. The number of hydrogen-bond donors (Lipinski definition) is 1. The Hall–Kier alpha value is -1.84. The summed E-state index contributed by atoms with van der Waals surface area (Å²) in [5.41, 5.74) is 6.77. The summed E-state index contributed by atoms with van der Waals surface area (Å²) in [6, 6.07) is 3.17. The highest BCUT2D eigenvalue weighted by Gasteiger charge is 2.16. The Morgan fingerprint density at radius 1 is 1.62 bits per heavy atom. The second-order valence-corrected chi connectivity index (χ2v) is 2.76. The number of rotatable bonds is 0. The molecule has 0 spiro atoms. The van der Waals surface area contributed by atoms with Gasteiger partial charge in [-0.3, -0.25) is 9.88 Å². The van der Waals surface area contributed by atoms with E-state index in [-0.39, 0.29) is 0 Å². The van der Waals surface area contributed by atoms with Crippen LogP contribution < -0.4 is 10.6 Å². The predicted octanol–water partition coefficient (Wildman–Crippen LogP) is 0.994. The molecule has 0 radical (unpaired) electrons. The van der Waals surface area contributed by atoms with Crippen LogP contribution in [0, 0.1) is 0 Å². The lowest BCUT2D eigenvalue weighted by Crippen LogP contribution is -2.37. The van der Waals surface area contributed by atoms with E-state index >= 15 is 0 Å². The van der Waals surface area contributed by atoms with Crippen LogP contribution in [0.3, 0.4) is 0 Å². The number of carbonyl (C=O) groups is 1. The topological polar surface area (TPSA) is 59.2 Å². The maximum Gasteiger partial charge on any atom is 0.319 e. The van der Waals surface area contributed by atoms with Crippen molar-refractivity contribution < 1.29 is 4.79 Å². The summed E-state index contributed by atoms with van der Waals surface area (Å²) >= 11 is 0. The maximum absolute atomic E-state index is 11.0. The van der Waals surface area contributed by atoms with Crippen molar-refractivity contribution in [2.24, 2.45) is 5.73 Å². The second kappa shape index (κ2) is 2.90. The van der Waals surface area contributed by atoms with Crippen LogP contribution in [-0.4, -0.2) is 17.6 Å². The first-order chi connectivity index (χ1) is 6.29. The van der Waals surface area contributed by atoms with Gasteiger partial charge in [-0.25, -0.2) is 4.79 Å². The number of nitrogens with two attached hydrogens (primary N) is 1. The van der Waals surface area contributed by atoms with Crippen molar-refractivity contribution in [1.29, 1.82) is 0 Å². The fourth-order valence-corrected chi connectivity index (χ4v) is 1.34. The Bertz CT molecular complexity index is 373. The molecule has 66 valence electrons. The number of primary amides is 1. The molecule has 13 heavy (non-hydrogen) atoms. The molecule has 2 amide bonds. The molecule has 0 unspecified atom stereocenters. The van der Waals surface area contributed by atoms with E-state index in [4.69, 9.17) is 5.73 Å². The van der Waals surface area contributed by atoms with E-state index in [0.29, 0.717) is 6.54 Å². The molecule has 2 heterocycles. The molecule has 0 atom stereocenters. The SMILES string of the molecule is NC(=O)N1CC=Cc2ncccc21. The summed E-state index contributed by atoms with van der Waals surface area (Å²) in [5, 5.41) is 0. The standard InChI is InChI=1S/C9H9N3O/c10-9(13)12-6-2-3-7-8(12)4-1-5-11-7/h1-5H,6H2,(H2,10,13).